The summed E-state index contributed by atoms with van der Waals surface area (Å²) < 4.78 is 11.8. The van der Waals surface area contributed by atoms with Crippen molar-refractivity contribution < 1.29 is 14.3 Å². The molecule has 2 atom stereocenters. The molecule has 32 heavy (non-hydrogen) atoms. The second-order valence-electron chi connectivity index (χ2n) is 8.65. The largest absolute Gasteiger partial charge is 0.489 e. The van der Waals surface area contributed by atoms with Crippen LogP contribution in [0.1, 0.15) is 44.6 Å². The average Bonchev–Trinajstić information content (AvgIpc) is 3.06. The third-order valence-corrected chi connectivity index (χ3v) is 6.27. The van der Waals surface area contributed by atoms with Crippen molar-refractivity contribution in [3.8, 4) is 5.75 Å². The number of carbonyl (C=O) groups excluding carboxylic acids is 1. The Hall–Kier alpha value is -2.38. The Morgan fingerprint density at radius 1 is 1.22 bits per heavy atom. The lowest BCUT2D eigenvalue weighted by Crippen LogP contribution is -2.30. The fourth-order valence-corrected chi connectivity index (χ4v) is 4.51. The highest BCUT2D eigenvalue weighted by molar-refractivity contribution is 6.32. The molecule has 0 unspecified atom stereocenters. The molecule has 2 fully saturated rings. The summed E-state index contributed by atoms with van der Waals surface area (Å²) in [5.74, 6) is 2.73. The predicted octanol–water partition coefficient (Wildman–Crippen LogP) is 4.10. The van der Waals surface area contributed by atoms with Crippen LogP contribution in [0.3, 0.4) is 0 Å². The minimum atomic E-state index is 0.0663. The van der Waals surface area contributed by atoms with E-state index >= 15 is 0 Å². The van der Waals surface area contributed by atoms with Crippen molar-refractivity contribution in [1.29, 1.82) is 0 Å². The first kappa shape index (κ1) is 22.8. The highest BCUT2D eigenvalue weighted by Crippen LogP contribution is 2.30. The minimum absolute atomic E-state index is 0.0663. The van der Waals surface area contributed by atoms with Crippen LogP contribution in [0, 0.1) is 0 Å². The normalized spacial score (nSPS) is 20.2. The van der Waals surface area contributed by atoms with Crippen molar-refractivity contribution in [2.45, 2.75) is 45.1 Å². The summed E-state index contributed by atoms with van der Waals surface area (Å²) in [7, 11) is 0. The van der Waals surface area contributed by atoms with Crippen LogP contribution in [0.4, 0.5) is 11.8 Å². The van der Waals surface area contributed by atoms with Gasteiger partial charge in [0.1, 0.15) is 22.7 Å². The first-order chi connectivity index (χ1) is 15.5. The molecule has 1 aromatic heterocycles. The number of hydrogen-bond donors (Lipinski definition) is 0. The lowest BCUT2D eigenvalue weighted by Gasteiger charge is -2.23. The zero-order valence-corrected chi connectivity index (χ0v) is 19.6. The number of Topliss-reactive ketones (excluding diaryl/α,β-unsaturated/α-hetero) is 1. The van der Waals surface area contributed by atoms with E-state index in [-0.39, 0.29) is 17.8 Å². The summed E-state index contributed by atoms with van der Waals surface area (Å²) in [4.78, 5) is 24.9. The van der Waals surface area contributed by atoms with Crippen LogP contribution >= 0.6 is 11.6 Å². The highest BCUT2D eigenvalue weighted by Gasteiger charge is 2.27. The zero-order valence-electron chi connectivity index (χ0n) is 18.8. The lowest BCUT2D eigenvalue weighted by atomic mass is 9.96. The molecular formula is C24H31ClN4O3. The molecule has 1 aromatic carbocycles. The molecule has 2 aliphatic rings. The molecule has 172 valence electrons. The van der Waals surface area contributed by atoms with Crippen molar-refractivity contribution >= 4 is 29.2 Å². The van der Waals surface area contributed by atoms with E-state index in [2.05, 4.69) is 21.7 Å². The van der Waals surface area contributed by atoms with Gasteiger partial charge in [0.15, 0.2) is 5.82 Å². The molecule has 0 spiro atoms. The van der Waals surface area contributed by atoms with Crippen LogP contribution in [-0.4, -0.2) is 61.2 Å². The van der Waals surface area contributed by atoms with E-state index in [0.717, 1.165) is 62.8 Å². The van der Waals surface area contributed by atoms with Gasteiger partial charge >= 0.3 is 0 Å². The summed E-state index contributed by atoms with van der Waals surface area (Å²) in [6, 6.07) is 8.08. The molecule has 2 aromatic rings. The maximum atomic E-state index is 11.4. The number of ketones is 1. The van der Waals surface area contributed by atoms with E-state index in [9.17, 15) is 4.79 Å². The quantitative estimate of drug-likeness (QED) is 0.618. The maximum Gasteiger partial charge on any atom is 0.227 e. The Labute approximate surface area is 194 Å². The van der Waals surface area contributed by atoms with Gasteiger partial charge in [-0.05, 0) is 37.0 Å². The topological polar surface area (TPSA) is 67.8 Å². The molecule has 0 radical (unpaired) electrons. The lowest BCUT2D eigenvalue weighted by molar-refractivity contribution is -0.117. The average molecular weight is 459 g/mol. The molecule has 0 N–H and O–H groups in total. The van der Waals surface area contributed by atoms with Gasteiger partial charge in [0.2, 0.25) is 5.95 Å². The number of carbonyl (C=O) groups is 1. The number of ether oxygens (including phenoxy) is 2. The van der Waals surface area contributed by atoms with Gasteiger partial charge < -0.3 is 24.1 Å². The Morgan fingerprint density at radius 2 is 2.03 bits per heavy atom. The van der Waals surface area contributed by atoms with E-state index in [0.29, 0.717) is 24.0 Å². The van der Waals surface area contributed by atoms with Crippen LogP contribution in [0.2, 0.25) is 5.02 Å². The van der Waals surface area contributed by atoms with Crippen molar-refractivity contribution in [3.63, 3.8) is 0 Å². The summed E-state index contributed by atoms with van der Waals surface area (Å²) in [5, 5.41) is 0.560. The van der Waals surface area contributed by atoms with Crippen molar-refractivity contribution in [2.75, 3.05) is 49.2 Å². The minimum Gasteiger partial charge on any atom is -0.489 e. The zero-order chi connectivity index (χ0) is 22.5. The maximum absolute atomic E-state index is 11.4. The highest BCUT2D eigenvalue weighted by atomic mass is 35.5. The predicted molar refractivity (Wildman–Crippen MR) is 126 cm³/mol. The number of benzene rings is 1. The number of halogens is 1. The SMILES string of the molecule is CC(=O)C[C@@H](C)c1ccc(O[C@@H]2CCN(c3nc(N4CCCOCC4)ncc3Cl)C2)cc1. The Bertz CT molecular complexity index is 916. The fourth-order valence-electron chi connectivity index (χ4n) is 4.30. The second kappa shape index (κ2) is 10.5. The number of rotatable bonds is 7. The smallest absolute Gasteiger partial charge is 0.227 e. The van der Waals surface area contributed by atoms with Gasteiger partial charge in [0, 0.05) is 39.1 Å². The van der Waals surface area contributed by atoms with Gasteiger partial charge in [-0.25, -0.2) is 4.98 Å². The number of hydrogen-bond acceptors (Lipinski definition) is 7. The first-order valence-corrected chi connectivity index (χ1v) is 11.7. The van der Waals surface area contributed by atoms with Gasteiger partial charge in [-0.2, -0.15) is 4.98 Å². The summed E-state index contributed by atoms with van der Waals surface area (Å²) in [6.07, 6.45) is 4.18. The monoisotopic (exact) mass is 458 g/mol. The summed E-state index contributed by atoms with van der Waals surface area (Å²) >= 11 is 6.46. The third-order valence-electron chi connectivity index (χ3n) is 6.01. The second-order valence-corrected chi connectivity index (χ2v) is 9.05. The summed E-state index contributed by atoms with van der Waals surface area (Å²) in [6.45, 7) is 8.40. The third kappa shape index (κ3) is 5.70. The van der Waals surface area contributed by atoms with Crippen LogP contribution < -0.4 is 14.5 Å². The van der Waals surface area contributed by atoms with Gasteiger partial charge in [0.25, 0.3) is 0 Å². The van der Waals surface area contributed by atoms with Gasteiger partial charge in [-0.1, -0.05) is 30.7 Å². The number of aromatic nitrogens is 2. The number of nitrogens with zero attached hydrogens (tertiary/aromatic N) is 4. The molecule has 0 aliphatic carbocycles. The van der Waals surface area contributed by atoms with E-state index in [1.54, 1.807) is 13.1 Å². The van der Waals surface area contributed by atoms with Gasteiger partial charge in [0.05, 0.1) is 19.3 Å². The molecule has 0 saturated carbocycles. The van der Waals surface area contributed by atoms with Gasteiger partial charge in [-0.15, -0.1) is 0 Å². The molecule has 2 aliphatic heterocycles. The number of anilines is 2. The van der Waals surface area contributed by atoms with E-state index in [4.69, 9.17) is 26.1 Å². The van der Waals surface area contributed by atoms with Crippen LogP contribution in [0.25, 0.3) is 0 Å². The Kier molecular flexibility index (Phi) is 7.48. The molecule has 2 saturated heterocycles. The van der Waals surface area contributed by atoms with Crippen LogP contribution in [-0.2, 0) is 9.53 Å². The van der Waals surface area contributed by atoms with E-state index < -0.39 is 0 Å². The van der Waals surface area contributed by atoms with Crippen molar-refractivity contribution in [1.82, 2.24) is 9.97 Å². The van der Waals surface area contributed by atoms with Crippen molar-refractivity contribution in [3.05, 3.63) is 41.0 Å². The molecule has 3 heterocycles. The first-order valence-electron chi connectivity index (χ1n) is 11.4. The Balaban J connectivity index is 1.38. The summed E-state index contributed by atoms with van der Waals surface area (Å²) in [5.41, 5.74) is 1.15. The van der Waals surface area contributed by atoms with E-state index in [1.165, 1.54) is 0 Å². The Morgan fingerprint density at radius 3 is 2.81 bits per heavy atom. The van der Waals surface area contributed by atoms with Crippen LogP contribution in [0.15, 0.2) is 30.5 Å². The fraction of sp³-hybridized carbons (Fsp3) is 0.542. The van der Waals surface area contributed by atoms with Crippen LogP contribution in [0.5, 0.6) is 5.75 Å². The molecule has 8 heteroatoms. The standard InChI is InChI=1S/C24H31ClN4O3/c1-17(14-18(2)30)19-4-6-20(7-5-19)32-21-8-10-29(16-21)23-22(25)15-26-24(27-23)28-9-3-12-31-13-11-28/h4-7,15,17,21H,3,8-14,16H2,1-2H3/t17-,21-/m1/s1. The van der Waals surface area contributed by atoms with E-state index in [1.807, 2.05) is 24.3 Å². The molecule has 0 bridgehead atoms. The van der Waals surface area contributed by atoms with Crippen molar-refractivity contribution in [2.24, 2.45) is 0 Å². The van der Waals surface area contributed by atoms with Gasteiger partial charge in [-0.3, -0.25) is 0 Å². The molecular weight excluding hydrogens is 428 g/mol. The molecule has 7 nitrogen and oxygen atoms in total. The molecule has 0 amide bonds. The molecule has 4 rings (SSSR count).